The number of carbonyl (C=O) groups is 1. The predicted molar refractivity (Wildman–Crippen MR) is 105 cm³/mol. The second-order valence-corrected chi connectivity index (χ2v) is 6.91. The van der Waals surface area contributed by atoms with Crippen LogP contribution in [0.5, 0.6) is 0 Å². The maximum atomic E-state index is 14.7. The first-order valence-corrected chi connectivity index (χ1v) is 9.89. The maximum absolute atomic E-state index is 14.7. The lowest BCUT2D eigenvalue weighted by Crippen LogP contribution is -2.49. The van der Waals surface area contributed by atoms with Gasteiger partial charge < -0.3 is 9.64 Å². The summed E-state index contributed by atoms with van der Waals surface area (Å²) < 4.78 is 21.7. The number of likely N-dealkylation sites (tertiary alicyclic amines) is 1. The summed E-state index contributed by atoms with van der Waals surface area (Å²) in [7, 11) is 0. The van der Waals surface area contributed by atoms with Gasteiger partial charge in [-0.3, -0.25) is 10.1 Å². The predicted octanol–water partition coefficient (Wildman–Crippen LogP) is 1.70. The summed E-state index contributed by atoms with van der Waals surface area (Å²) in [5, 5.41) is 15.5. The number of amides is 1. The lowest BCUT2D eigenvalue weighted by atomic mass is 10.00. The van der Waals surface area contributed by atoms with E-state index in [-0.39, 0.29) is 17.8 Å². The molecule has 0 radical (unpaired) electrons. The minimum Gasteiger partial charge on any atom is -0.380 e. The standard InChI is InChI=1S/C20H27FN6O2/c1-3-18(28)26-11-7-8-15(14-26)22-19(16-9-5-6-10-17(16)21)20-23-24-25-27(20)12-13-29-4-2/h3,5-6,9-10,15,19,22H,1,4,7-8,11-14H2,2H3. The van der Waals surface area contributed by atoms with Gasteiger partial charge in [-0.25, -0.2) is 9.07 Å². The van der Waals surface area contributed by atoms with Crippen LogP contribution in [0.25, 0.3) is 0 Å². The van der Waals surface area contributed by atoms with Crippen molar-refractivity contribution in [3.8, 4) is 0 Å². The molecule has 1 aliphatic rings. The normalized spacial score (nSPS) is 17.9. The van der Waals surface area contributed by atoms with Crippen molar-refractivity contribution < 1.29 is 13.9 Å². The third-order valence-electron chi connectivity index (χ3n) is 5.00. The zero-order valence-corrected chi connectivity index (χ0v) is 16.6. The van der Waals surface area contributed by atoms with Crippen LogP contribution < -0.4 is 5.32 Å². The zero-order chi connectivity index (χ0) is 20.6. The van der Waals surface area contributed by atoms with Crippen molar-refractivity contribution in [2.24, 2.45) is 0 Å². The van der Waals surface area contributed by atoms with Crippen LogP contribution in [0.15, 0.2) is 36.9 Å². The second kappa shape index (κ2) is 10.2. The number of nitrogens with one attached hydrogen (secondary N) is 1. The first-order chi connectivity index (χ1) is 14.1. The molecular weight excluding hydrogens is 375 g/mol. The Labute approximate surface area is 169 Å². The Bertz CT molecular complexity index is 827. The largest absolute Gasteiger partial charge is 0.380 e. The van der Waals surface area contributed by atoms with E-state index in [4.69, 9.17) is 4.74 Å². The number of halogens is 1. The minimum atomic E-state index is -0.545. The van der Waals surface area contributed by atoms with Crippen molar-refractivity contribution in [3.63, 3.8) is 0 Å². The van der Waals surface area contributed by atoms with E-state index < -0.39 is 6.04 Å². The summed E-state index contributed by atoms with van der Waals surface area (Å²) in [6, 6.07) is 6.03. The highest BCUT2D eigenvalue weighted by molar-refractivity contribution is 5.87. The van der Waals surface area contributed by atoms with Crippen molar-refractivity contribution in [1.82, 2.24) is 30.4 Å². The third kappa shape index (κ3) is 5.24. The molecule has 2 aromatic rings. The molecule has 1 fully saturated rings. The average Bonchev–Trinajstić information content (AvgIpc) is 3.21. The van der Waals surface area contributed by atoms with Gasteiger partial charge >= 0.3 is 0 Å². The van der Waals surface area contributed by atoms with Crippen molar-refractivity contribution in [1.29, 1.82) is 0 Å². The lowest BCUT2D eigenvalue weighted by molar-refractivity contribution is -0.127. The van der Waals surface area contributed by atoms with Gasteiger partial charge in [0.1, 0.15) is 5.82 Å². The number of nitrogens with zero attached hydrogens (tertiary/aromatic N) is 5. The molecule has 2 atom stereocenters. The van der Waals surface area contributed by atoms with Crippen molar-refractivity contribution in [3.05, 3.63) is 54.1 Å². The Morgan fingerprint density at radius 2 is 2.31 bits per heavy atom. The number of rotatable bonds is 9. The van der Waals surface area contributed by atoms with Crippen LogP contribution in [0.4, 0.5) is 4.39 Å². The number of tetrazole rings is 1. The summed E-state index contributed by atoms with van der Waals surface area (Å²) in [6.45, 7) is 8.23. The summed E-state index contributed by atoms with van der Waals surface area (Å²) in [5.41, 5.74) is 0.465. The molecule has 29 heavy (non-hydrogen) atoms. The summed E-state index contributed by atoms with van der Waals surface area (Å²) in [5.74, 6) is 0.0849. The molecular formula is C20H27FN6O2. The Morgan fingerprint density at radius 1 is 1.48 bits per heavy atom. The summed E-state index contributed by atoms with van der Waals surface area (Å²) in [6.07, 6.45) is 3.05. The van der Waals surface area contributed by atoms with Crippen LogP contribution in [-0.4, -0.2) is 63.4 Å². The molecule has 1 aromatic carbocycles. The van der Waals surface area contributed by atoms with E-state index >= 15 is 0 Å². The van der Waals surface area contributed by atoms with Gasteiger partial charge in [0.15, 0.2) is 5.82 Å². The number of aromatic nitrogens is 4. The Kier molecular flexibility index (Phi) is 7.42. The first kappa shape index (κ1) is 21.1. The fourth-order valence-corrected chi connectivity index (χ4v) is 3.56. The van der Waals surface area contributed by atoms with Crippen LogP contribution in [0.1, 0.15) is 37.2 Å². The fraction of sp³-hybridized carbons (Fsp3) is 0.500. The molecule has 0 spiro atoms. The van der Waals surface area contributed by atoms with Gasteiger partial charge in [0.05, 0.1) is 19.2 Å². The molecule has 8 nitrogen and oxygen atoms in total. The Hall–Kier alpha value is -2.65. The van der Waals surface area contributed by atoms with Crippen LogP contribution >= 0.6 is 0 Å². The van der Waals surface area contributed by atoms with Gasteiger partial charge in [0.2, 0.25) is 5.91 Å². The summed E-state index contributed by atoms with van der Waals surface area (Å²) >= 11 is 0. The van der Waals surface area contributed by atoms with Gasteiger partial charge in [-0.15, -0.1) is 5.10 Å². The molecule has 2 unspecified atom stereocenters. The molecule has 0 saturated carbocycles. The number of hydrogen-bond donors (Lipinski definition) is 1. The topological polar surface area (TPSA) is 85.2 Å². The average molecular weight is 402 g/mol. The molecule has 0 bridgehead atoms. The molecule has 9 heteroatoms. The molecule has 3 rings (SSSR count). The smallest absolute Gasteiger partial charge is 0.246 e. The number of hydrogen-bond acceptors (Lipinski definition) is 6. The first-order valence-electron chi connectivity index (χ1n) is 9.89. The number of piperidine rings is 1. The zero-order valence-electron chi connectivity index (χ0n) is 16.6. The SMILES string of the molecule is C=CC(=O)N1CCCC(NC(c2ccccc2F)c2nnnn2CCOCC)C1. The maximum Gasteiger partial charge on any atom is 0.246 e. The molecule has 1 aromatic heterocycles. The van der Waals surface area contributed by atoms with Gasteiger partial charge in [0, 0.05) is 31.3 Å². The van der Waals surface area contributed by atoms with Gasteiger partial charge in [0.25, 0.3) is 0 Å². The number of ether oxygens (including phenoxy) is 1. The van der Waals surface area contributed by atoms with Gasteiger partial charge in [-0.2, -0.15) is 0 Å². The molecule has 0 aliphatic carbocycles. The van der Waals surface area contributed by atoms with Crippen LogP contribution in [0, 0.1) is 5.82 Å². The van der Waals surface area contributed by atoms with E-state index in [0.29, 0.717) is 44.2 Å². The van der Waals surface area contributed by atoms with Gasteiger partial charge in [-0.1, -0.05) is 24.8 Å². The van der Waals surface area contributed by atoms with Crippen LogP contribution in [0.3, 0.4) is 0 Å². The van der Waals surface area contributed by atoms with E-state index in [9.17, 15) is 9.18 Å². The van der Waals surface area contributed by atoms with E-state index in [1.165, 1.54) is 12.1 Å². The molecule has 2 heterocycles. The third-order valence-corrected chi connectivity index (χ3v) is 5.00. The van der Waals surface area contributed by atoms with Crippen LogP contribution in [0.2, 0.25) is 0 Å². The lowest BCUT2D eigenvalue weighted by Gasteiger charge is -2.34. The minimum absolute atomic E-state index is 0.0192. The number of benzene rings is 1. The number of carbonyl (C=O) groups excluding carboxylic acids is 1. The van der Waals surface area contributed by atoms with Crippen molar-refractivity contribution >= 4 is 5.91 Å². The molecule has 156 valence electrons. The van der Waals surface area contributed by atoms with E-state index in [1.54, 1.807) is 27.8 Å². The van der Waals surface area contributed by atoms with E-state index in [2.05, 4.69) is 27.4 Å². The highest BCUT2D eigenvalue weighted by Gasteiger charge is 2.29. The quantitative estimate of drug-likeness (QED) is 0.508. The van der Waals surface area contributed by atoms with Gasteiger partial charge in [-0.05, 0) is 42.3 Å². The second-order valence-electron chi connectivity index (χ2n) is 6.91. The molecule has 1 saturated heterocycles. The van der Waals surface area contributed by atoms with Crippen molar-refractivity contribution in [2.75, 3.05) is 26.3 Å². The molecule has 1 aliphatic heterocycles. The Morgan fingerprint density at radius 3 is 3.07 bits per heavy atom. The highest BCUT2D eigenvalue weighted by Crippen LogP contribution is 2.25. The van der Waals surface area contributed by atoms with E-state index in [0.717, 1.165) is 12.8 Å². The molecule has 1 amide bonds. The van der Waals surface area contributed by atoms with Crippen molar-refractivity contribution in [2.45, 2.75) is 38.4 Å². The Balaban J connectivity index is 1.85. The fourth-order valence-electron chi connectivity index (χ4n) is 3.56. The molecule has 1 N–H and O–H groups in total. The highest BCUT2D eigenvalue weighted by atomic mass is 19.1. The van der Waals surface area contributed by atoms with Crippen LogP contribution in [-0.2, 0) is 16.1 Å². The summed E-state index contributed by atoms with van der Waals surface area (Å²) in [4.78, 5) is 13.8. The monoisotopic (exact) mass is 402 g/mol. The van der Waals surface area contributed by atoms with E-state index in [1.807, 2.05) is 6.92 Å².